The summed E-state index contributed by atoms with van der Waals surface area (Å²) < 4.78 is 21.4. The van der Waals surface area contributed by atoms with Crippen LogP contribution >= 0.6 is 0 Å². The Morgan fingerprint density at radius 1 is 0.758 bits per heavy atom. The maximum atomic E-state index is 6.14. The minimum atomic E-state index is 0.659. The van der Waals surface area contributed by atoms with E-state index in [2.05, 4.69) is 35.3 Å². The van der Waals surface area contributed by atoms with Crippen LogP contribution in [0.5, 0.6) is 23.0 Å². The third kappa shape index (κ3) is 7.91. The molecule has 184 valence electrons. The van der Waals surface area contributed by atoms with Crippen LogP contribution < -0.4 is 34.9 Å². The lowest BCUT2D eigenvalue weighted by Crippen LogP contribution is -2.32. The molecule has 0 amide bonds. The SMILES string of the molecule is COc1ccc(N(C)CCN(C)CCCNCCc2cc(OC)c(OC)cc2N)cc1OC. The molecule has 0 spiro atoms. The first-order valence-corrected chi connectivity index (χ1v) is 11.3. The Hall–Kier alpha value is -2.84. The normalized spacial score (nSPS) is 10.9. The Morgan fingerprint density at radius 2 is 1.39 bits per heavy atom. The van der Waals surface area contributed by atoms with Gasteiger partial charge < -0.3 is 39.8 Å². The Balaban J connectivity index is 1.66. The Bertz CT molecular complexity index is 863. The predicted octanol–water partition coefficient (Wildman–Crippen LogP) is 2.89. The van der Waals surface area contributed by atoms with Gasteiger partial charge in [-0.15, -0.1) is 0 Å². The third-order valence-electron chi connectivity index (χ3n) is 5.73. The molecule has 0 unspecified atom stereocenters. The number of benzene rings is 2. The van der Waals surface area contributed by atoms with E-state index in [1.54, 1.807) is 28.4 Å². The minimum absolute atomic E-state index is 0.659. The summed E-state index contributed by atoms with van der Waals surface area (Å²) in [4.78, 5) is 4.58. The van der Waals surface area contributed by atoms with Gasteiger partial charge in [-0.2, -0.15) is 0 Å². The fourth-order valence-corrected chi connectivity index (χ4v) is 3.60. The molecule has 0 heterocycles. The van der Waals surface area contributed by atoms with E-state index >= 15 is 0 Å². The molecule has 0 aromatic heterocycles. The van der Waals surface area contributed by atoms with Gasteiger partial charge in [-0.3, -0.25) is 0 Å². The number of nitrogens with one attached hydrogen (secondary N) is 1. The topological polar surface area (TPSA) is 81.5 Å². The molecule has 2 aromatic rings. The zero-order chi connectivity index (χ0) is 24.2. The Morgan fingerprint density at radius 3 is 2.06 bits per heavy atom. The molecule has 3 N–H and O–H groups in total. The van der Waals surface area contributed by atoms with E-state index in [9.17, 15) is 0 Å². The van der Waals surface area contributed by atoms with E-state index in [0.29, 0.717) is 11.5 Å². The van der Waals surface area contributed by atoms with Gasteiger partial charge in [-0.05, 0) is 63.3 Å². The maximum Gasteiger partial charge on any atom is 0.162 e. The molecule has 0 aliphatic carbocycles. The van der Waals surface area contributed by atoms with Gasteiger partial charge in [-0.25, -0.2) is 0 Å². The van der Waals surface area contributed by atoms with Gasteiger partial charge in [0.05, 0.1) is 28.4 Å². The summed E-state index contributed by atoms with van der Waals surface area (Å²) in [6.45, 7) is 4.77. The number of methoxy groups -OCH3 is 4. The lowest BCUT2D eigenvalue weighted by molar-refractivity contribution is 0.333. The summed E-state index contributed by atoms with van der Waals surface area (Å²) in [5.74, 6) is 2.86. The van der Waals surface area contributed by atoms with E-state index in [1.807, 2.05) is 24.3 Å². The number of nitrogens with two attached hydrogens (primary N) is 1. The number of ether oxygens (including phenoxy) is 4. The quantitative estimate of drug-likeness (QED) is 0.310. The summed E-state index contributed by atoms with van der Waals surface area (Å²) in [5, 5.41) is 3.51. The standard InChI is InChI=1S/C25H40N4O4/c1-28(14-15-29(2)20-8-9-22(30-3)24(17-20)32-5)13-7-11-27-12-10-19-16-23(31-4)25(33-6)18-21(19)26/h8-9,16-18,27H,7,10-15,26H2,1-6H3. The lowest BCUT2D eigenvalue weighted by Gasteiger charge is -2.24. The van der Waals surface area contributed by atoms with Crippen LogP contribution in [0.3, 0.4) is 0 Å². The first kappa shape index (κ1) is 26.4. The van der Waals surface area contributed by atoms with Gasteiger partial charge in [0.15, 0.2) is 23.0 Å². The van der Waals surface area contributed by atoms with Crippen LogP contribution in [-0.2, 0) is 6.42 Å². The molecule has 0 bridgehead atoms. The van der Waals surface area contributed by atoms with Crippen molar-refractivity contribution in [3.63, 3.8) is 0 Å². The van der Waals surface area contributed by atoms with Crippen LogP contribution in [0.15, 0.2) is 30.3 Å². The first-order chi connectivity index (χ1) is 15.9. The van der Waals surface area contributed by atoms with Gasteiger partial charge in [-0.1, -0.05) is 0 Å². The van der Waals surface area contributed by atoms with Crippen molar-refractivity contribution in [2.24, 2.45) is 0 Å². The molecular weight excluding hydrogens is 420 g/mol. The molecule has 33 heavy (non-hydrogen) atoms. The van der Waals surface area contributed by atoms with Crippen molar-refractivity contribution in [3.05, 3.63) is 35.9 Å². The number of rotatable bonds is 15. The van der Waals surface area contributed by atoms with Crippen LogP contribution in [0, 0.1) is 0 Å². The average molecular weight is 461 g/mol. The highest BCUT2D eigenvalue weighted by Gasteiger charge is 2.10. The van der Waals surface area contributed by atoms with E-state index in [1.165, 1.54) is 0 Å². The predicted molar refractivity (Wildman–Crippen MR) is 135 cm³/mol. The van der Waals surface area contributed by atoms with Crippen molar-refractivity contribution in [1.29, 1.82) is 0 Å². The highest BCUT2D eigenvalue weighted by atomic mass is 16.5. The molecule has 8 nitrogen and oxygen atoms in total. The molecule has 0 aliphatic rings. The molecule has 2 aromatic carbocycles. The molecule has 0 saturated heterocycles. The van der Waals surface area contributed by atoms with E-state index in [0.717, 1.165) is 74.0 Å². The zero-order valence-electron chi connectivity index (χ0n) is 20.9. The van der Waals surface area contributed by atoms with E-state index in [4.69, 9.17) is 24.7 Å². The maximum absolute atomic E-state index is 6.14. The van der Waals surface area contributed by atoms with Crippen LogP contribution in [0.4, 0.5) is 11.4 Å². The van der Waals surface area contributed by atoms with Gasteiger partial charge in [0.2, 0.25) is 0 Å². The van der Waals surface area contributed by atoms with Crippen molar-refractivity contribution < 1.29 is 18.9 Å². The average Bonchev–Trinajstić information content (AvgIpc) is 2.84. The number of anilines is 2. The molecule has 8 heteroatoms. The van der Waals surface area contributed by atoms with Crippen LogP contribution in [0.1, 0.15) is 12.0 Å². The summed E-state index contributed by atoms with van der Waals surface area (Å²) >= 11 is 0. The molecule has 2 rings (SSSR count). The molecular formula is C25H40N4O4. The molecule has 0 atom stereocenters. The number of nitrogen functional groups attached to an aromatic ring is 1. The number of likely N-dealkylation sites (N-methyl/N-ethyl adjacent to an activating group) is 2. The number of hydrogen-bond donors (Lipinski definition) is 2. The monoisotopic (exact) mass is 460 g/mol. The molecule has 0 radical (unpaired) electrons. The highest BCUT2D eigenvalue weighted by molar-refractivity contribution is 5.58. The van der Waals surface area contributed by atoms with Crippen molar-refractivity contribution in [3.8, 4) is 23.0 Å². The minimum Gasteiger partial charge on any atom is -0.493 e. The second kappa shape index (κ2) is 13.6. The third-order valence-corrected chi connectivity index (χ3v) is 5.73. The van der Waals surface area contributed by atoms with Crippen LogP contribution in [0.2, 0.25) is 0 Å². The van der Waals surface area contributed by atoms with Gasteiger partial charge in [0, 0.05) is 43.6 Å². The molecule has 0 aliphatic heterocycles. The summed E-state index contributed by atoms with van der Waals surface area (Å²) in [6.07, 6.45) is 1.93. The van der Waals surface area contributed by atoms with Crippen LogP contribution in [0.25, 0.3) is 0 Å². The number of nitrogens with zero attached hydrogens (tertiary/aromatic N) is 2. The Kier molecular flexibility index (Phi) is 10.9. The van der Waals surface area contributed by atoms with E-state index < -0.39 is 0 Å². The summed E-state index contributed by atoms with van der Waals surface area (Å²) in [5.41, 5.74) is 9.05. The second-order valence-electron chi connectivity index (χ2n) is 8.02. The fourth-order valence-electron chi connectivity index (χ4n) is 3.60. The summed E-state index contributed by atoms with van der Waals surface area (Å²) in [6, 6.07) is 9.78. The smallest absolute Gasteiger partial charge is 0.162 e. The molecule has 0 fully saturated rings. The van der Waals surface area contributed by atoms with Gasteiger partial charge >= 0.3 is 0 Å². The van der Waals surface area contributed by atoms with Crippen molar-refractivity contribution >= 4 is 11.4 Å². The second-order valence-corrected chi connectivity index (χ2v) is 8.02. The first-order valence-electron chi connectivity index (χ1n) is 11.3. The molecule has 0 saturated carbocycles. The van der Waals surface area contributed by atoms with Crippen molar-refractivity contribution in [2.75, 3.05) is 85.9 Å². The largest absolute Gasteiger partial charge is 0.493 e. The van der Waals surface area contributed by atoms with Crippen LogP contribution in [-0.4, -0.2) is 80.2 Å². The fraction of sp³-hybridized carbons (Fsp3) is 0.520. The van der Waals surface area contributed by atoms with Crippen molar-refractivity contribution in [2.45, 2.75) is 12.8 Å². The van der Waals surface area contributed by atoms with Gasteiger partial charge in [0.25, 0.3) is 0 Å². The highest BCUT2D eigenvalue weighted by Crippen LogP contribution is 2.32. The summed E-state index contributed by atoms with van der Waals surface area (Å²) in [7, 11) is 10.8. The number of hydrogen-bond acceptors (Lipinski definition) is 8. The van der Waals surface area contributed by atoms with E-state index in [-0.39, 0.29) is 0 Å². The Labute approximate surface area is 198 Å². The van der Waals surface area contributed by atoms with Crippen molar-refractivity contribution in [1.82, 2.24) is 10.2 Å². The lowest BCUT2D eigenvalue weighted by atomic mass is 10.1. The van der Waals surface area contributed by atoms with Gasteiger partial charge in [0.1, 0.15) is 0 Å². The zero-order valence-corrected chi connectivity index (χ0v) is 20.9.